The van der Waals surface area contributed by atoms with Crippen LogP contribution in [-0.4, -0.2) is 18.4 Å². The normalized spacial score (nSPS) is 12.0. The molecule has 0 saturated heterocycles. The molecule has 0 unspecified atom stereocenters. The lowest BCUT2D eigenvalue weighted by molar-refractivity contribution is -0.149. The standard InChI is InChI=1S/C33H30F3NO3/c1-23-13-18-29(21-24(23)2)37(20-19-25-14-16-28(17-15-25)33(34,35)36)31(38)30(27-11-7-4-8-12-27)32(39)40-22-26-9-5-3-6-10-26/h3-18,21,30H,19-20,22H2,1-2H3/t30-/m1/s1. The molecule has 4 rings (SSSR count). The number of amides is 1. The van der Waals surface area contributed by atoms with Gasteiger partial charge >= 0.3 is 12.1 Å². The topological polar surface area (TPSA) is 46.6 Å². The van der Waals surface area contributed by atoms with Crippen LogP contribution in [0, 0.1) is 13.8 Å². The van der Waals surface area contributed by atoms with E-state index in [-0.39, 0.29) is 19.6 Å². The second kappa shape index (κ2) is 12.6. The molecule has 0 aliphatic carbocycles. The monoisotopic (exact) mass is 545 g/mol. The van der Waals surface area contributed by atoms with Gasteiger partial charge in [-0.15, -0.1) is 0 Å². The number of esters is 1. The number of halogens is 3. The van der Waals surface area contributed by atoms with E-state index in [1.54, 1.807) is 30.3 Å². The highest BCUT2D eigenvalue weighted by atomic mass is 19.4. The Hall–Kier alpha value is -4.39. The number of alkyl halides is 3. The van der Waals surface area contributed by atoms with Crippen molar-refractivity contribution in [2.24, 2.45) is 0 Å². The summed E-state index contributed by atoms with van der Waals surface area (Å²) in [6.45, 7) is 4.06. The predicted octanol–water partition coefficient (Wildman–Crippen LogP) is 7.43. The van der Waals surface area contributed by atoms with Gasteiger partial charge in [0.1, 0.15) is 6.61 Å². The van der Waals surface area contributed by atoms with Gasteiger partial charge in [-0.2, -0.15) is 13.2 Å². The van der Waals surface area contributed by atoms with Gasteiger partial charge in [-0.3, -0.25) is 9.59 Å². The van der Waals surface area contributed by atoms with E-state index in [4.69, 9.17) is 4.74 Å². The van der Waals surface area contributed by atoms with E-state index in [1.807, 2.05) is 62.4 Å². The lowest BCUT2D eigenvalue weighted by Crippen LogP contribution is -2.40. The first-order valence-corrected chi connectivity index (χ1v) is 12.9. The summed E-state index contributed by atoms with van der Waals surface area (Å²) in [5.41, 5.74) is 3.80. The van der Waals surface area contributed by atoms with Gasteiger partial charge in [0.2, 0.25) is 5.91 Å². The van der Waals surface area contributed by atoms with E-state index in [0.717, 1.165) is 28.8 Å². The average Bonchev–Trinajstić information content (AvgIpc) is 2.95. The van der Waals surface area contributed by atoms with Gasteiger partial charge in [-0.25, -0.2) is 0 Å². The SMILES string of the molecule is Cc1ccc(N(CCc2ccc(C(F)(F)F)cc2)C(=O)[C@H](C(=O)OCc2ccccc2)c2ccccc2)cc1C. The van der Waals surface area contributed by atoms with Gasteiger partial charge in [-0.1, -0.05) is 78.9 Å². The molecule has 4 nitrogen and oxygen atoms in total. The van der Waals surface area contributed by atoms with E-state index >= 15 is 0 Å². The van der Waals surface area contributed by atoms with Crippen LogP contribution in [0.3, 0.4) is 0 Å². The molecule has 0 heterocycles. The number of carbonyl (C=O) groups is 2. The molecule has 0 aliphatic rings. The van der Waals surface area contributed by atoms with E-state index in [2.05, 4.69) is 0 Å². The van der Waals surface area contributed by atoms with Crippen LogP contribution >= 0.6 is 0 Å². The van der Waals surface area contributed by atoms with Crippen LogP contribution in [-0.2, 0) is 33.5 Å². The average molecular weight is 546 g/mol. The Kier molecular flexibility index (Phi) is 9.04. The summed E-state index contributed by atoms with van der Waals surface area (Å²) in [6, 6.07) is 28.4. The number of carbonyl (C=O) groups excluding carboxylic acids is 2. The van der Waals surface area contributed by atoms with Crippen molar-refractivity contribution in [3.8, 4) is 0 Å². The Morgan fingerprint density at radius 1 is 0.775 bits per heavy atom. The van der Waals surface area contributed by atoms with Crippen LogP contribution in [0.25, 0.3) is 0 Å². The zero-order valence-corrected chi connectivity index (χ0v) is 22.3. The molecule has 0 aliphatic heterocycles. The first-order valence-electron chi connectivity index (χ1n) is 12.9. The molecule has 0 spiro atoms. The smallest absolute Gasteiger partial charge is 0.416 e. The zero-order valence-electron chi connectivity index (χ0n) is 22.3. The van der Waals surface area contributed by atoms with Crippen LogP contribution in [0.5, 0.6) is 0 Å². The van der Waals surface area contributed by atoms with Crippen molar-refractivity contribution in [3.63, 3.8) is 0 Å². The Morgan fingerprint density at radius 2 is 1.40 bits per heavy atom. The molecule has 4 aromatic rings. The number of hydrogen-bond donors (Lipinski definition) is 0. The molecular formula is C33H30F3NO3. The number of aryl methyl sites for hydroxylation is 2. The Labute approximate surface area is 232 Å². The van der Waals surface area contributed by atoms with Crippen LogP contribution in [0.2, 0.25) is 0 Å². The largest absolute Gasteiger partial charge is 0.460 e. The maximum Gasteiger partial charge on any atom is 0.416 e. The second-order valence-electron chi connectivity index (χ2n) is 9.64. The van der Waals surface area contributed by atoms with Crippen molar-refractivity contribution >= 4 is 17.6 Å². The lowest BCUT2D eigenvalue weighted by Gasteiger charge is -2.28. The zero-order chi connectivity index (χ0) is 28.7. The molecule has 0 bridgehead atoms. The van der Waals surface area contributed by atoms with Gasteiger partial charge in [0.15, 0.2) is 5.92 Å². The Bertz CT molecular complexity index is 1440. The third-order valence-corrected chi connectivity index (χ3v) is 6.81. The molecular weight excluding hydrogens is 515 g/mol. The molecule has 0 saturated carbocycles. The molecule has 40 heavy (non-hydrogen) atoms. The maximum atomic E-state index is 14.2. The summed E-state index contributed by atoms with van der Waals surface area (Å²) in [4.78, 5) is 29.1. The molecule has 1 amide bonds. The minimum absolute atomic E-state index is 0.0193. The van der Waals surface area contributed by atoms with Crippen molar-refractivity contribution in [1.82, 2.24) is 0 Å². The van der Waals surface area contributed by atoms with Gasteiger partial charge in [0.25, 0.3) is 0 Å². The first-order chi connectivity index (χ1) is 19.1. The first kappa shape index (κ1) is 28.6. The second-order valence-corrected chi connectivity index (χ2v) is 9.64. The van der Waals surface area contributed by atoms with E-state index in [9.17, 15) is 22.8 Å². The predicted molar refractivity (Wildman–Crippen MR) is 149 cm³/mol. The molecule has 0 radical (unpaired) electrons. The third-order valence-electron chi connectivity index (χ3n) is 6.81. The van der Waals surface area contributed by atoms with Crippen LogP contribution < -0.4 is 4.90 Å². The fourth-order valence-electron chi connectivity index (χ4n) is 4.35. The van der Waals surface area contributed by atoms with Gasteiger partial charge in [0.05, 0.1) is 5.56 Å². The van der Waals surface area contributed by atoms with E-state index in [1.165, 1.54) is 17.0 Å². The highest BCUT2D eigenvalue weighted by Gasteiger charge is 2.35. The van der Waals surface area contributed by atoms with Crippen LogP contribution in [0.1, 0.15) is 39.3 Å². The van der Waals surface area contributed by atoms with E-state index in [0.29, 0.717) is 16.8 Å². The Balaban J connectivity index is 1.64. The quantitative estimate of drug-likeness (QED) is 0.162. The number of rotatable bonds is 9. The molecule has 0 N–H and O–H groups in total. The number of hydrogen-bond acceptors (Lipinski definition) is 3. The third kappa shape index (κ3) is 7.17. The highest BCUT2D eigenvalue weighted by Crippen LogP contribution is 2.30. The molecule has 4 aromatic carbocycles. The van der Waals surface area contributed by atoms with Crippen molar-refractivity contribution in [1.29, 1.82) is 0 Å². The summed E-state index contributed by atoms with van der Waals surface area (Å²) in [5, 5.41) is 0. The van der Waals surface area contributed by atoms with Gasteiger partial charge in [-0.05, 0) is 72.4 Å². The fourth-order valence-corrected chi connectivity index (χ4v) is 4.35. The van der Waals surface area contributed by atoms with Gasteiger partial charge < -0.3 is 9.64 Å². The molecule has 0 aromatic heterocycles. The Morgan fingerprint density at radius 3 is 2.00 bits per heavy atom. The van der Waals surface area contributed by atoms with Crippen molar-refractivity contribution in [2.45, 2.75) is 39.0 Å². The lowest BCUT2D eigenvalue weighted by atomic mass is 9.96. The number of nitrogens with zero attached hydrogens (tertiary/aromatic N) is 1. The number of ether oxygens (including phenoxy) is 1. The van der Waals surface area contributed by atoms with Crippen LogP contribution in [0.15, 0.2) is 103 Å². The minimum atomic E-state index is -4.43. The summed E-state index contributed by atoms with van der Waals surface area (Å²) < 4.78 is 44.7. The van der Waals surface area contributed by atoms with Crippen molar-refractivity contribution in [2.75, 3.05) is 11.4 Å². The highest BCUT2D eigenvalue weighted by molar-refractivity contribution is 6.10. The van der Waals surface area contributed by atoms with Crippen molar-refractivity contribution in [3.05, 3.63) is 137 Å². The van der Waals surface area contributed by atoms with Crippen molar-refractivity contribution < 1.29 is 27.5 Å². The fraction of sp³-hybridized carbons (Fsp3) is 0.212. The maximum absolute atomic E-state index is 14.2. The summed E-state index contributed by atoms with van der Waals surface area (Å²) >= 11 is 0. The number of benzene rings is 4. The summed E-state index contributed by atoms with van der Waals surface area (Å²) in [6.07, 6.45) is -4.14. The van der Waals surface area contributed by atoms with E-state index < -0.39 is 29.5 Å². The van der Waals surface area contributed by atoms with Gasteiger partial charge in [0, 0.05) is 12.2 Å². The molecule has 206 valence electrons. The molecule has 1 atom stereocenters. The molecule has 0 fully saturated rings. The molecule has 7 heteroatoms. The summed E-state index contributed by atoms with van der Waals surface area (Å²) in [7, 11) is 0. The summed E-state index contributed by atoms with van der Waals surface area (Å²) in [5.74, 6) is -2.37. The minimum Gasteiger partial charge on any atom is -0.460 e. The number of anilines is 1. The van der Waals surface area contributed by atoms with Crippen LogP contribution in [0.4, 0.5) is 18.9 Å².